The molecule has 1 N–H and O–H groups in total. The van der Waals surface area contributed by atoms with E-state index in [0.29, 0.717) is 0 Å². The van der Waals surface area contributed by atoms with E-state index < -0.39 is 0 Å². The Morgan fingerprint density at radius 3 is 2.86 bits per heavy atom. The van der Waals surface area contributed by atoms with E-state index in [4.69, 9.17) is 0 Å². The zero-order valence-electron chi connectivity index (χ0n) is 11.4. The SMILES string of the molecule is c1cnc2c(NCc3csc4ccccc34)cccc2c1. The van der Waals surface area contributed by atoms with E-state index in [1.807, 2.05) is 12.3 Å². The van der Waals surface area contributed by atoms with Gasteiger partial charge in [-0.15, -0.1) is 11.3 Å². The lowest BCUT2D eigenvalue weighted by atomic mass is 10.1. The third kappa shape index (κ3) is 2.26. The zero-order valence-corrected chi connectivity index (χ0v) is 12.2. The Bertz CT molecular complexity index is 906. The maximum atomic E-state index is 4.48. The Kier molecular flexibility index (Phi) is 3.05. The summed E-state index contributed by atoms with van der Waals surface area (Å²) in [6.45, 7) is 0.819. The van der Waals surface area contributed by atoms with Crippen molar-refractivity contribution >= 4 is 38.0 Å². The number of aromatic nitrogens is 1. The molecule has 0 bridgehead atoms. The lowest BCUT2D eigenvalue weighted by Crippen LogP contribution is -1.99. The first-order valence-corrected chi connectivity index (χ1v) is 7.82. The first-order chi connectivity index (χ1) is 10.4. The lowest BCUT2D eigenvalue weighted by Gasteiger charge is -2.08. The van der Waals surface area contributed by atoms with Gasteiger partial charge in [-0.1, -0.05) is 36.4 Å². The van der Waals surface area contributed by atoms with E-state index in [2.05, 4.69) is 64.2 Å². The van der Waals surface area contributed by atoms with Crippen molar-refractivity contribution in [3.8, 4) is 0 Å². The fourth-order valence-electron chi connectivity index (χ4n) is 2.61. The Morgan fingerprint density at radius 2 is 1.86 bits per heavy atom. The number of nitrogens with one attached hydrogen (secondary N) is 1. The molecule has 0 amide bonds. The minimum absolute atomic E-state index is 0.819. The molecule has 0 radical (unpaired) electrons. The van der Waals surface area contributed by atoms with Gasteiger partial charge >= 0.3 is 0 Å². The molecule has 0 spiro atoms. The largest absolute Gasteiger partial charge is 0.379 e. The van der Waals surface area contributed by atoms with E-state index in [0.717, 1.165) is 23.1 Å². The summed E-state index contributed by atoms with van der Waals surface area (Å²) in [7, 11) is 0. The van der Waals surface area contributed by atoms with Gasteiger partial charge in [0.1, 0.15) is 0 Å². The highest BCUT2D eigenvalue weighted by Crippen LogP contribution is 2.27. The first-order valence-electron chi connectivity index (χ1n) is 6.94. The van der Waals surface area contributed by atoms with Crippen molar-refractivity contribution in [3.05, 3.63) is 71.7 Å². The molecule has 0 fully saturated rings. The topological polar surface area (TPSA) is 24.9 Å². The molecule has 21 heavy (non-hydrogen) atoms. The fourth-order valence-corrected chi connectivity index (χ4v) is 3.57. The molecule has 102 valence electrons. The minimum Gasteiger partial charge on any atom is -0.379 e. The summed E-state index contributed by atoms with van der Waals surface area (Å²) in [5.41, 5.74) is 3.45. The number of para-hydroxylation sites is 1. The molecule has 4 rings (SSSR count). The van der Waals surface area contributed by atoms with Crippen LogP contribution in [0.4, 0.5) is 5.69 Å². The van der Waals surface area contributed by atoms with Crippen LogP contribution in [0.5, 0.6) is 0 Å². The highest BCUT2D eigenvalue weighted by Gasteiger charge is 2.05. The van der Waals surface area contributed by atoms with Gasteiger partial charge in [0.2, 0.25) is 0 Å². The summed E-state index contributed by atoms with van der Waals surface area (Å²) >= 11 is 1.80. The molecule has 0 aliphatic heterocycles. The monoisotopic (exact) mass is 290 g/mol. The number of anilines is 1. The standard InChI is InChI=1S/C18H14N2S/c1-2-9-17-15(7-1)14(12-21-17)11-20-16-8-3-5-13-6-4-10-19-18(13)16/h1-10,12,20H,11H2. The molecule has 2 heterocycles. The maximum absolute atomic E-state index is 4.48. The number of benzene rings is 2. The number of hydrogen-bond acceptors (Lipinski definition) is 3. The summed E-state index contributed by atoms with van der Waals surface area (Å²) in [6, 6.07) is 18.8. The third-order valence-corrected chi connectivity index (χ3v) is 4.68. The number of nitrogens with zero attached hydrogens (tertiary/aromatic N) is 1. The number of rotatable bonds is 3. The molecule has 3 heteroatoms. The molecule has 0 saturated carbocycles. The van der Waals surface area contributed by atoms with Crippen LogP contribution in [0.1, 0.15) is 5.56 Å². The van der Waals surface area contributed by atoms with E-state index in [9.17, 15) is 0 Å². The van der Waals surface area contributed by atoms with Crippen LogP contribution in [0, 0.1) is 0 Å². The molecule has 0 aliphatic rings. The van der Waals surface area contributed by atoms with E-state index in [1.54, 1.807) is 11.3 Å². The van der Waals surface area contributed by atoms with Crippen LogP contribution >= 0.6 is 11.3 Å². The van der Waals surface area contributed by atoms with Gasteiger partial charge in [-0.25, -0.2) is 0 Å². The highest BCUT2D eigenvalue weighted by atomic mass is 32.1. The van der Waals surface area contributed by atoms with Crippen LogP contribution in [0.15, 0.2) is 66.2 Å². The number of hydrogen-bond donors (Lipinski definition) is 1. The normalized spacial score (nSPS) is 11.0. The number of thiophene rings is 1. The Morgan fingerprint density at radius 1 is 0.952 bits per heavy atom. The molecule has 2 nitrogen and oxygen atoms in total. The third-order valence-electron chi connectivity index (χ3n) is 3.66. The minimum atomic E-state index is 0.819. The second kappa shape index (κ2) is 5.19. The molecular formula is C18H14N2S. The number of pyridine rings is 1. The van der Waals surface area contributed by atoms with E-state index in [1.165, 1.54) is 15.6 Å². The van der Waals surface area contributed by atoms with Crippen molar-refractivity contribution in [2.75, 3.05) is 5.32 Å². The Labute approximate surface area is 127 Å². The van der Waals surface area contributed by atoms with Crippen LogP contribution in [0.25, 0.3) is 21.0 Å². The maximum Gasteiger partial charge on any atom is 0.0933 e. The van der Waals surface area contributed by atoms with Crippen LogP contribution < -0.4 is 5.32 Å². The van der Waals surface area contributed by atoms with Crippen molar-refractivity contribution in [1.82, 2.24) is 4.98 Å². The van der Waals surface area contributed by atoms with Crippen LogP contribution in [0.3, 0.4) is 0 Å². The summed E-state index contributed by atoms with van der Waals surface area (Å²) in [6.07, 6.45) is 1.84. The summed E-state index contributed by atoms with van der Waals surface area (Å²) in [5.74, 6) is 0. The Balaban J connectivity index is 1.67. The van der Waals surface area contributed by atoms with Crippen molar-refractivity contribution in [3.63, 3.8) is 0 Å². The van der Waals surface area contributed by atoms with Gasteiger partial charge in [0, 0.05) is 22.8 Å². The summed E-state index contributed by atoms with van der Waals surface area (Å²) < 4.78 is 1.34. The predicted octanol–water partition coefficient (Wildman–Crippen LogP) is 5.06. The van der Waals surface area contributed by atoms with Gasteiger partial charge in [-0.3, -0.25) is 4.98 Å². The first kappa shape index (κ1) is 12.4. The van der Waals surface area contributed by atoms with Gasteiger partial charge in [-0.2, -0.15) is 0 Å². The van der Waals surface area contributed by atoms with Crippen molar-refractivity contribution < 1.29 is 0 Å². The molecule has 4 aromatic rings. The summed E-state index contributed by atoms with van der Waals surface area (Å²) in [4.78, 5) is 4.48. The molecule has 2 aromatic heterocycles. The average Bonchev–Trinajstić information content (AvgIpc) is 2.96. The Hall–Kier alpha value is -2.39. The van der Waals surface area contributed by atoms with Crippen LogP contribution in [-0.2, 0) is 6.54 Å². The van der Waals surface area contributed by atoms with Gasteiger partial charge in [0.25, 0.3) is 0 Å². The van der Waals surface area contributed by atoms with Crippen molar-refractivity contribution in [1.29, 1.82) is 0 Å². The van der Waals surface area contributed by atoms with Crippen molar-refractivity contribution in [2.24, 2.45) is 0 Å². The predicted molar refractivity (Wildman–Crippen MR) is 90.9 cm³/mol. The van der Waals surface area contributed by atoms with Crippen LogP contribution in [-0.4, -0.2) is 4.98 Å². The zero-order chi connectivity index (χ0) is 14.1. The quantitative estimate of drug-likeness (QED) is 0.570. The van der Waals surface area contributed by atoms with Gasteiger partial charge in [-0.05, 0) is 34.5 Å². The van der Waals surface area contributed by atoms with Gasteiger partial charge < -0.3 is 5.32 Å². The smallest absolute Gasteiger partial charge is 0.0933 e. The van der Waals surface area contributed by atoms with Crippen LogP contribution in [0.2, 0.25) is 0 Å². The van der Waals surface area contributed by atoms with Crippen molar-refractivity contribution in [2.45, 2.75) is 6.54 Å². The second-order valence-corrected chi connectivity index (χ2v) is 5.90. The molecule has 0 saturated heterocycles. The molecule has 0 aliphatic carbocycles. The number of fused-ring (bicyclic) bond motifs is 2. The van der Waals surface area contributed by atoms with E-state index in [-0.39, 0.29) is 0 Å². The molecule has 2 aromatic carbocycles. The summed E-state index contributed by atoms with van der Waals surface area (Å²) in [5, 5.41) is 8.26. The molecule has 0 atom stereocenters. The molecule has 0 unspecified atom stereocenters. The van der Waals surface area contributed by atoms with E-state index >= 15 is 0 Å². The molecular weight excluding hydrogens is 276 g/mol. The average molecular weight is 290 g/mol. The highest BCUT2D eigenvalue weighted by molar-refractivity contribution is 7.17. The van der Waals surface area contributed by atoms with Gasteiger partial charge in [0.15, 0.2) is 0 Å². The van der Waals surface area contributed by atoms with Gasteiger partial charge in [0.05, 0.1) is 11.2 Å². The lowest BCUT2D eigenvalue weighted by molar-refractivity contribution is 1.18. The fraction of sp³-hybridized carbons (Fsp3) is 0.0556. The second-order valence-electron chi connectivity index (χ2n) is 4.99.